The van der Waals surface area contributed by atoms with E-state index >= 15 is 0 Å². The molecule has 1 fully saturated rings. The summed E-state index contributed by atoms with van der Waals surface area (Å²) in [5, 5.41) is 10.4. The zero-order valence-corrected chi connectivity index (χ0v) is 12.8. The van der Waals surface area contributed by atoms with Crippen LogP contribution in [-0.2, 0) is 14.2 Å². The van der Waals surface area contributed by atoms with Crippen LogP contribution in [0.1, 0.15) is 26.5 Å². The normalized spacial score (nSPS) is 30.3. The summed E-state index contributed by atoms with van der Waals surface area (Å²) in [5.41, 5.74) is -0.802. The summed E-state index contributed by atoms with van der Waals surface area (Å²) in [6, 6.07) is 0. The van der Waals surface area contributed by atoms with Crippen LogP contribution in [0, 0.1) is 6.92 Å². The number of nitrogens with one attached hydrogen (secondary N) is 1. The van der Waals surface area contributed by atoms with Crippen molar-refractivity contribution in [3.63, 3.8) is 0 Å². The molecule has 8 nitrogen and oxygen atoms in total. The molecule has 0 radical (unpaired) electrons. The number of H-pyrrole nitrogens is 1. The minimum atomic E-state index is -1.07. The minimum absolute atomic E-state index is 0.203. The first kappa shape index (κ1) is 15.4. The lowest BCUT2D eigenvalue weighted by molar-refractivity contribution is -0.0798. The summed E-state index contributed by atoms with van der Waals surface area (Å²) in [6.45, 7) is 3.67. The van der Waals surface area contributed by atoms with Gasteiger partial charge < -0.3 is 19.3 Å². The van der Waals surface area contributed by atoms with Gasteiger partial charge in [0.25, 0.3) is 5.56 Å². The Kier molecular flexibility index (Phi) is 5.04. The van der Waals surface area contributed by atoms with Gasteiger partial charge in [0, 0.05) is 20.2 Å². The third kappa shape index (κ3) is 3.30. The molecule has 22 heavy (non-hydrogen) atoms. The van der Waals surface area contributed by atoms with Crippen LogP contribution in [0.5, 0.6) is 0 Å². The first-order valence-corrected chi connectivity index (χ1v) is 7.05. The summed E-state index contributed by atoms with van der Waals surface area (Å²) in [7, 11) is 1.52. The molecule has 2 rings (SSSR count). The third-order valence-electron chi connectivity index (χ3n) is 3.60. The topological polar surface area (TPSA) is 103 Å². The highest BCUT2D eigenvalue weighted by Gasteiger charge is 2.45. The van der Waals surface area contributed by atoms with Gasteiger partial charge in [-0.3, -0.25) is 14.3 Å². The molecule has 0 spiro atoms. The zero-order chi connectivity index (χ0) is 17.1. The van der Waals surface area contributed by atoms with E-state index in [1.807, 2.05) is 0 Å². The van der Waals surface area contributed by atoms with E-state index in [1.165, 1.54) is 17.9 Å². The van der Waals surface area contributed by atoms with Gasteiger partial charge in [0.1, 0.15) is 12.2 Å². The monoisotopic (exact) mass is 315 g/mol. The number of aryl methyl sites for hydroxylation is 1. The maximum absolute atomic E-state index is 12.1. The summed E-state index contributed by atoms with van der Waals surface area (Å²) in [4.78, 5) is 25.7. The van der Waals surface area contributed by atoms with E-state index in [4.69, 9.17) is 15.6 Å². The second kappa shape index (κ2) is 7.19. The van der Waals surface area contributed by atoms with Crippen molar-refractivity contribution >= 4 is 0 Å². The molecule has 1 saturated heterocycles. The quantitative estimate of drug-likeness (QED) is 0.689. The minimum Gasteiger partial charge on any atom is -0.388 e. The standard InChI is InChI=1S/C14H22N2O6/c1-4-9-10(17)11(21-6-5-20-3)13(22-9)16-7-8(2)12(18)15-14(16)19/h7,9-11,13,17H,4-6H2,1-3H3,(H,15,18,19)/t9-,10-,11-,13-/m1/s1/i4D/t4-,9-,10-,11-,13-. The highest BCUT2D eigenvalue weighted by molar-refractivity contribution is 5.03. The molecule has 2 N–H and O–H groups in total. The molecule has 0 amide bonds. The Hall–Kier alpha value is -1.48. The molecule has 1 aliphatic rings. The van der Waals surface area contributed by atoms with E-state index in [-0.39, 0.29) is 6.61 Å². The summed E-state index contributed by atoms with van der Waals surface area (Å²) in [6.07, 6.45) is -2.98. The van der Waals surface area contributed by atoms with E-state index < -0.39 is 42.2 Å². The highest BCUT2D eigenvalue weighted by atomic mass is 16.6. The molecular formula is C14H22N2O6. The molecule has 124 valence electrons. The van der Waals surface area contributed by atoms with Crippen molar-refractivity contribution in [3.8, 4) is 0 Å². The van der Waals surface area contributed by atoms with Crippen molar-refractivity contribution in [2.45, 2.75) is 44.8 Å². The largest absolute Gasteiger partial charge is 0.388 e. The molecule has 0 aromatic carbocycles. The van der Waals surface area contributed by atoms with Crippen LogP contribution in [0.2, 0.25) is 0 Å². The number of ether oxygens (including phenoxy) is 3. The molecule has 0 saturated carbocycles. The van der Waals surface area contributed by atoms with E-state index in [9.17, 15) is 14.7 Å². The number of hydrogen-bond acceptors (Lipinski definition) is 6. The van der Waals surface area contributed by atoms with Crippen LogP contribution in [0.4, 0.5) is 0 Å². The molecule has 1 aliphatic heterocycles. The van der Waals surface area contributed by atoms with Crippen molar-refractivity contribution in [1.82, 2.24) is 9.55 Å². The Balaban J connectivity index is 2.34. The first-order chi connectivity index (χ1) is 10.9. The van der Waals surface area contributed by atoms with Crippen molar-refractivity contribution in [1.29, 1.82) is 0 Å². The van der Waals surface area contributed by atoms with Crippen molar-refractivity contribution in [3.05, 3.63) is 32.6 Å². The van der Waals surface area contributed by atoms with E-state index in [0.29, 0.717) is 12.2 Å². The summed E-state index contributed by atoms with van der Waals surface area (Å²) >= 11 is 0. The van der Waals surface area contributed by atoms with Crippen LogP contribution >= 0.6 is 0 Å². The fourth-order valence-electron chi connectivity index (χ4n) is 2.40. The second-order valence-electron chi connectivity index (χ2n) is 5.12. The van der Waals surface area contributed by atoms with Crippen molar-refractivity contribution in [2.24, 2.45) is 0 Å². The Morgan fingerprint density at radius 2 is 2.23 bits per heavy atom. The zero-order valence-electron chi connectivity index (χ0n) is 13.8. The predicted molar refractivity (Wildman–Crippen MR) is 77.9 cm³/mol. The number of aromatic nitrogens is 2. The number of rotatable bonds is 6. The average Bonchev–Trinajstić information content (AvgIpc) is 2.81. The Bertz CT molecular complexity index is 643. The van der Waals surface area contributed by atoms with Gasteiger partial charge in [-0.2, -0.15) is 0 Å². The first-order valence-electron chi connectivity index (χ1n) is 7.63. The second-order valence-corrected chi connectivity index (χ2v) is 5.12. The van der Waals surface area contributed by atoms with Gasteiger partial charge in [0.15, 0.2) is 6.23 Å². The molecule has 1 aromatic rings. The maximum atomic E-state index is 12.1. The number of hydrogen-bond donors (Lipinski definition) is 2. The van der Waals surface area contributed by atoms with Gasteiger partial charge in [-0.1, -0.05) is 6.92 Å². The number of aliphatic hydroxyl groups is 1. The van der Waals surface area contributed by atoms with E-state index in [2.05, 4.69) is 4.98 Å². The van der Waals surface area contributed by atoms with Gasteiger partial charge in [-0.25, -0.2) is 4.79 Å². The average molecular weight is 315 g/mol. The predicted octanol–water partition coefficient (Wildman–Crippen LogP) is -0.455. The Morgan fingerprint density at radius 3 is 2.86 bits per heavy atom. The fourth-order valence-corrected chi connectivity index (χ4v) is 2.40. The van der Waals surface area contributed by atoms with E-state index in [0.717, 1.165) is 0 Å². The highest BCUT2D eigenvalue weighted by Crippen LogP contribution is 2.32. The van der Waals surface area contributed by atoms with Gasteiger partial charge in [0.05, 0.1) is 19.3 Å². The smallest absolute Gasteiger partial charge is 0.330 e. The van der Waals surface area contributed by atoms with Crippen LogP contribution in [-0.4, -0.2) is 53.3 Å². The van der Waals surface area contributed by atoms with Crippen molar-refractivity contribution in [2.75, 3.05) is 20.3 Å². The van der Waals surface area contributed by atoms with Crippen LogP contribution in [0.25, 0.3) is 0 Å². The Morgan fingerprint density at radius 1 is 1.50 bits per heavy atom. The molecule has 8 heteroatoms. The molecule has 0 aliphatic carbocycles. The van der Waals surface area contributed by atoms with E-state index in [1.54, 1.807) is 13.8 Å². The number of nitrogens with zero attached hydrogens (tertiary/aromatic N) is 1. The molecule has 0 bridgehead atoms. The van der Waals surface area contributed by atoms with Gasteiger partial charge >= 0.3 is 5.69 Å². The van der Waals surface area contributed by atoms with Crippen LogP contribution in [0.3, 0.4) is 0 Å². The molecular weight excluding hydrogens is 292 g/mol. The van der Waals surface area contributed by atoms with Crippen LogP contribution in [0.15, 0.2) is 15.8 Å². The van der Waals surface area contributed by atoms with Gasteiger partial charge in [0.2, 0.25) is 0 Å². The molecule has 5 atom stereocenters. The van der Waals surface area contributed by atoms with Crippen LogP contribution < -0.4 is 11.2 Å². The Labute approximate surface area is 129 Å². The van der Waals surface area contributed by atoms with Gasteiger partial charge in [-0.05, 0) is 13.3 Å². The lowest BCUT2D eigenvalue weighted by Crippen LogP contribution is -2.40. The number of aliphatic hydroxyl groups excluding tert-OH is 1. The lowest BCUT2D eigenvalue weighted by Gasteiger charge is -2.22. The number of aromatic amines is 1. The fraction of sp³-hybridized carbons (Fsp3) is 0.714. The molecule has 0 unspecified atom stereocenters. The molecule has 2 heterocycles. The lowest BCUT2D eigenvalue weighted by atomic mass is 10.1. The van der Waals surface area contributed by atoms with Crippen molar-refractivity contribution < 1.29 is 20.7 Å². The summed E-state index contributed by atoms with van der Waals surface area (Å²) in [5.74, 6) is 0. The third-order valence-corrected chi connectivity index (χ3v) is 3.60. The maximum Gasteiger partial charge on any atom is 0.330 e. The SMILES string of the molecule is [2H][C@H](C)[C@H]1O[C@@H](n2cc(C)c(=O)[nH]c2=O)[C@H](OCCOC)[C@@H]1O. The number of methoxy groups -OCH3 is 1. The van der Waals surface area contributed by atoms with Gasteiger partial charge in [-0.15, -0.1) is 0 Å². The molecule has 1 aromatic heterocycles. The summed E-state index contributed by atoms with van der Waals surface area (Å²) < 4.78 is 25.1.